The number of hydrogen-bond acceptors (Lipinski definition) is 5. The molecule has 0 spiro atoms. The van der Waals surface area contributed by atoms with Crippen LogP contribution in [-0.4, -0.2) is 36.0 Å². The number of nitrogens with zero attached hydrogens (tertiary/aromatic N) is 1. The molecule has 5 heteroatoms. The summed E-state index contributed by atoms with van der Waals surface area (Å²) in [6.07, 6.45) is 6.21. The molecule has 1 heterocycles. The number of unbranched alkanes of at least 4 members (excludes halogenated alkanes) is 1. The van der Waals surface area contributed by atoms with Gasteiger partial charge in [-0.15, -0.1) is 11.3 Å². The predicted octanol–water partition coefficient (Wildman–Crippen LogP) is 3.39. The van der Waals surface area contributed by atoms with Gasteiger partial charge < -0.3 is 15.2 Å². The third-order valence-electron chi connectivity index (χ3n) is 3.69. The van der Waals surface area contributed by atoms with Crippen LogP contribution < -0.4 is 5.32 Å². The highest BCUT2D eigenvalue weighted by atomic mass is 32.1. The van der Waals surface area contributed by atoms with Crippen LogP contribution in [0.1, 0.15) is 57.5 Å². The highest BCUT2D eigenvalue weighted by Crippen LogP contribution is 2.15. The Labute approximate surface area is 132 Å². The van der Waals surface area contributed by atoms with Gasteiger partial charge in [0.25, 0.3) is 0 Å². The first-order valence-electron chi connectivity index (χ1n) is 8.05. The van der Waals surface area contributed by atoms with E-state index in [1.807, 2.05) is 5.38 Å². The number of hydrogen-bond donors (Lipinski definition) is 2. The molecule has 0 aromatic carbocycles. The Balaban J connectivity index is 2.11. The molecule has 0 radical (unpaired) electrons. The van der Waals surface area contributed by atoms with E-state index < -0.39 is 6.10 Å². The summed E-state index contributed by atoms with van der Waals surface area (Å²) in [5.74, 6) is 0.624. The first-order chi connectivity index (χ1) is 10.2. The lowest BCUT2D eigenvalue weighted by Crippen LogP contribution is -2.32. The van der Waals surface area contributed by atoms with Gasteiger partial charge in [0.1, 0.15) is 5.01 Å². The van der Waals surface area contributed by atoms with E-state index in [9.17, 15) is 5.11 Å². The maximum absolute atomic E-state index is 9.95. The molecular formula is C16H30N2O2S. The van der Waals surface area contributed by atoms with Gasteiger partial charge in [-0.25, -0.2) is 4.98 Å². The second kappa shape index (κ2) is 11.1. The van der Waals surface area contributed by atoms with Gasteiger partial charge in [-0.1, -0.05) is 33.1 Å². The summed E-state index contributed by atoms with van der Waals surface area (Å²) in [5.41, 5.74) is 0. The van der Waals surface area contributed by atoms with E-state index in [0.717, 1.165) is 18.0 Å². The molecule has 0 saturated carbocycles. The Morgan fingerprint density at radius 1 is 1.38 bits per heavy atom. The van der Waals surface area contributed by atoms with Gasteiger partial charge in [0.2, 0.25) is 0 Å². The van der Waals surface area contributed by atoms with Crippen molar-refractivity contribution in [3.05, 3.63) is 16.6 Å². The number of aliphatic hydroxyl groups is 1. The Bertz CT molecular complexity index is 346. The third kappa shape index (κ3) is 7.90. The van der Waals surface area contributed by atoms with E-state index in [1.165, 1.54) is 19.3 Å². The standard InChI is InChI=1S/C16H30N2O2S/c1-4-6-7-14(5-2)11-20-12-15(19)10-18-13(3)16-17-8-9-21-16/h8-9,13-15,18-19H,4-7,10-12H2,1-3H3. The lowest BCUT2D eigenvalue weighted by atomic mass is 10.0. The van der Waals surface area contributed by atoms with Gasteiger partial charge in [0, 0.05) is 24.7 Å². The minimum absolute atomic E-state index is 0.174. The summed E-state index contributed by atoms with van der Waals surface area (Å²) in [5, 5.41) is 16.3. The van der Waals surface area contributed by atoms with Crippen molar-refractivity contribution in [3.8, 4) is 0 Å². The molecule has 4 nitrogen and oxygen atoms in total. The molecule has 1 rings (SSSR count). The molecular weight excluding hydrogens is 284 g/mol. The zero-order chi connectivity index (χ0) is 15.5. The number of ether oxygens (including phenoxy) is 1. The van der Waals surface area contributed by atoms with Crippen LogP contribution in [0.2, 0.25) is 0 Å². The van der Waals surface area contributed by atoms with Gasteiger partial charge in [-0.05, 0) is 19.3 Å². The third-order valence-corrected chi connectivity index (χ3v) is 4.65. The molecule has 2 N–H and O–H groups in total. The molecule has 122 valence electrons. The van der Waals surface area contributed by atoms with Gasteiger partial charge >= 0.3 is 0 Å². The fourth-order valence-corrected chi connectivity index (χ4v) is 2.85. The van der Waals surface area contributed by atoms with Crippen LogP contribution in [0.25, 0.3) is 0 Å². The molecule has 0 aliphatic heterocycles. The van der Waals surface area contributed by atoms with Crippen LogP contribution in [-0.2, 0) is 4.74 Å². The topological polar surface area (TPSA) is 54.4 Å². The smallest absolute Gasteiger partial charge is 0.109 e. The van der Waals surface area contributed by atoms with Crippen molar-refractivity contribution in [2.75, 3.05) is 19.8 Å². The van der Waals surface area contributed by atoms with Crippen molar-refractivity contribution >= 4 is 11.3 Å². The average Bonchev–Trinajstić information content (AvgIpc) is 3.02. The van der Waals surface area contributed by atoms with Crippen LogP contribution in [0, 0.1) is 5.92 Å². The Kier molecular flexibility index (Phi) is 9.83. The summed E-state index contributed by atoms with van der Waals surface area (Å²) in [7, 11) is 0. The predicted molar refractivity (Wildman–Crippen MR) is 88.7 cm³/mol. The monoisotopic (exact) mass is 314 g/mol. The number of rotatable bonds is 12. The van der Waals surface area contributed by atoms with Crippen LogP contribution in [0.15, 0.2) is 11.6 Å². The van der Waals surface area contributed by atoms with Crippen molar-refractivity contribution in [1.29, 1.82) is 0 Å². The van der Waals surface area contributed by atoms with Crippen molar-refractivity contribution in [3.63, 3.8) is 0 Å². The quantitative estimate of drug-likeness (QED) is 0.621. The summed E-state index contributed by atoms with van der Waals surface area (Å²) in [4.78, 5) is 4.26. The molecule has 0 amide bonds. The first kappa shape index (κ1) is 18.6. The van der Waals surface area contributed by atoms with E-state index in [4.69, 9.17) is 4.74 Å². The highest BCUT2D eigenvalue weighted by Gasteiger charge is 2.12. The molecule has 0 aliphatic rings. The van der Waals surface area contributed by atoms with Crippen LogP contribution >= 0.6 is 11.3 Å². The van der Waals surface area contributed by atoms with Gasteiger partial charge in [0.15, 0.2) is 0 Å². The average molecular weight is 314 g/mol. The zero-order valence-corrected chi connectivity index (χ0v) is 14.4. The van der Waals surface area contributed by atoms with Crippen molar-refractivity contribution < 1.29 is 9.84 Å². The van der Waals surface area contributed by atoms with E-state index in [2.05, 4.69) is 31.1 Å². The SMILES string of the molecule is CCCCC(CC)COCC(O)CNC(C)c1nccs1. The fraction of sp³-hybridized carbons (Fsp3) is 0.812. The summed E-state index contributed by atoms with van der Waals surface area (Å²) in [6.45, 7) is 8.18. The Morgan fingerprint density at radius 3 is 2.81 bits per heavy atom. The minimum atomic E-state index is -0.462. The Hall–Kier alpha value is -0.490. The largest absolute Gasteiger partial charge is 0.389 e. The lowest BCUT2D eigenvalue weighted by Gasteiger charge is -2.18. The van der Waals surface area contributed by atoms with Gasteiger partial charge in [0.05, 0.1) is 18.8 Å². The molecule has 0 bridgehead atoms. The molecule has 1 aromatic heterocycles. The first-order valence-corrected chi connectivity index (χ1v) is 8.93. The minimum Gasteiger partial charge on any atom is -0.389 e. The van der Waals surface area contributed by atoms with Gasteiger partial charge in [-0.3, -0.25) is 0 Å². The summed E-state index contributed by atoms with van der Waals surface area (Å²) in [6, 6.07) is 0.174. The fourth-order valence-electron chi connectivity index (χ4n) is 2.18. The molecule has 3 atom stereocenters. The molecule has 1 aromatic rings. The number of nitrogens with one attached hydrogen (secondary N) is 1. The van der Waals surface area contributed by atoms with E-state index >= 15 is 0 Å². The zero-order valence-electron chi connectivity index (χ0n) is 13.5. The second-order valence-corrected chi connectivity index (χ2v) is 6.53. The number of aliphatic hydroxyl groups excluding tert-OH is 1. The summed E-state index contributed by atoms with van der Waals surface area (Å²) >= 11 is 1.63. The molecule has 0 fully saturated rings. The maximum atomic E-state index is 9.95. The Morgan fingerprint density at radius 2 is 2.19 bits per heavy atom. The van der Waals surface area contributed by atoms with Gasteiger partial charge in [-0.2, -0.15) is 0 Å². The van der Waals surface area contributed by atoms with Crippen molar-refractivity contribution in [1.82, 2.24) is 10.3 Å². The van der Waals surface area contributed by atoms with E-state index in [0.29, 0.717) is 19.1 Å². The number of aromatic nitrogens is 1. The molecule has 3 unspecified atom stereocenters. The second-order valence-electron chi connectivity index (χ2n) is 5.61. The van der Waals surface area contributed by atoms with Crippen LogP contribution in [0.5, 0.6) is 0 Å². The van der Waals surface area contributed by atoms with Crippen LogP contribution in [0.3, 0.4) is 0 Å². The molecule has 0 aliphatic carbocycles. The normalized spacial score (nSPS) is 15.8. The van der Waals surface area contributed by atoms with Crippen LogP contribution in [0.4, 0.5) is 0 Å². The maximum Gasteiger partial charge on any atom is 0.109 e. The number of thiazole rings is 1. The van der Waals surface area contributed by atoms with E-state index in [-0.39, 0.29) is 6.04 Å². The lowest BCUT2D eigenvalue weighted by molar-refractivity contribution is 0.0185. The van der Waals surface area contributed by atoms with Crippen molar-refractivity contribution in [2.24, 2.45) is 5.92 Å². The molecule has 21 heavy (non-hydrogen) atoms. The summed E-state index contributed by atoms with van der Waals surface area (Å²) < 4.78 is 5.67. The highest BCUT2D eigenvalue weighted by molar-refractivity contribution is 7.09. The van der Waals surface area contributed by atoms with E-state index in [1.54, 1.807) is 17.5 Å². The van der Waals surface area contributed by atoms with Crippen molar-refractivity contribution in [2.45, 2.75) is 58.6 Å². The molecule has 0 saturated heterocycles.